The summed E-state index contributed by atoms with van der Waals surface area (Å²) in [5.41, 5.74) is 5.25. The van der Waals surface area contributed by atoms with Crippen molar-refractivity contribution in [2.45, 2.75) is 52.1 Å². The quantitative estimate of drug-likeness (QED) is 0.755. The number of hydrogen-bond acceptors (Lipinski definition) is 3. The molecule has 2 N–H and O–H groups in total. The predicted molar refractivity (Wildman–Crippen MR) is 69.2 cm³/mol. The Kier molecular flexibility index (Phi) is 5.12. The highest BCUT2D eigenvalue weighted by Crippen LogP contribution is 2.27. The first-order valence-corrected chi connectivity index (χ1v) is 6.39. The molecule has 0 aromatic carbocycles. The van der Waals surface area contributed by atoms with E-state index < -0.39 is 11.7 Å². The summed E-state index contributed by atoms with van der Waals surface area (Å²) in [5, 5.41) is 0. The lowest BCUT2D eigenvalue weighted by molar-refractivity contribution is 0.0604. The average molecular weight is 240 g/mol. The topological polar surface area (TPSA) is 64.7 Å². The molecule has 1 saturated carbocycles. The molecule has 2 atom stereocenters. The van der Waals surface area contributed by atoms with Crippen LogP contribution in [0.4, 0.5) is 4.79 Å². The lowest BCUT2D eigenvalue weighted by atomic mass is 9.80. The van der Waals surface area contributed by atoms with Gasteiger partial charge in [0.1, 0.15) is 5.60 Å². The summed E-state index contributed by atoms with van der Waals surface area (Å²) in [6.45, 7) is 6.18. The maximum absolute atomic E-state index is 11.4. The molecule has 1 aliphatic rings. The number of hydrogen-bond donors (Lipinski definition) is 1. The van der Waals surface area contributed by atoms with Gasteiger partial charge in [0.2, 0.25) is 0 Å². The molecule has 1 rings (SSSR count). The second-order valence-corrected chi connectivity index (χ2v) is 5.70. The first-order valence-electron chi connectivity index (χ1n) is 6.39. The minimum atomic E-state index is -0.501. The summed E-state index contributed by atoms with van der Waals surface area (Å²) in [6.07, 6.45) is 5.89. The first kappa shape index (κ1) is 14.2. The van der Waals surface area contributed by atoms with E-state index in [1.807, 2.05) is 20.8 Å². The zero-order valence-corrected chi connectivity index (χ0v) is 11.1. The molecule has 0 aliphatic heterocycles. The fraction of sp³-hybridized carbons (Fsp3) is 0.846. The zero-order chi connectivity index (χ0) is 12.9. The van der Waals surface area contributed by atoms with Crippen molar-refractivity contribution in [2.75, 3.05) is 6.54 Å². The smallest absolute Gasteiger partial charge is 0.433 e. The van der Waals surface area contributed by atoms with Gasteiger partial charge in [-0.15, -0.1) is 0 Å². The van der Waals surface area contributed by atoms with E-state index in [1.54, 1.807) is 6.21 Å². The Morgan fingerprint density at radius 2 is 2.06 bits per heavy atom. The van der Waals surface area contributed by atoms with Gasteiger partial charge in [0.25, 0.3) is 0 Å². The van der Waals surface area contributed by atoms with Gasteiger partial charge in [0.05, 0.1) is 0 Å². The minimum Gasteiger partial charge on any atom is -0.442 e. The van der Waals surface area contributed by atoms with Crippen LogP contribution in [0.1, 0.15) is 46.5 Å². The normalized spacial score (nSPS) is 26.1. The van der Waals surface area contributed by atoms with Crippen LogP contribution in [0, 0.1) is 11.8 Å². The zero-order valence-electron chi connectivity index (χ0n) is 11.1. The Morgan fingerprint density at radius 3 is 2.65 bits per heavy atom. The Bertz CT molecular complexity index is 282. The maximum Gasteiger partial charge on any atom is 0.433 e. The van der Waals surface area contributed by atoms with Crippen LogP contribution in [0.25, 0.3) is 0 Å². The molecular formula is C13H24N2O2. The third-order valence-electron chi connectivity index (χ3n) is 3.04. The highest BCUT2D eigenvalue weighted by atomic mass is 16.6. The van der Waals surface area contributed by atoms with Gasteiger partial charge in [-0.2, -0.15) is 4.99 Å². The number of carbonyl (C=O) groups excluding carboxylic acids is 1. The number of carbonyl (C=O) groups is 1. The molecule has 1 fully saturated rings. The molecule has 0 saturated heterocycles. The second kappa shape index (κ2) is 6.15. The van der Waals surface area contributed by atoms with Crippen LogP contribution >= 0.6 is 0 Å². The lowest BCUT2D eigenvalue weighted by Crippen LogP contribution is -2.28. The van der Waals surface area contributed by atoms with E-state index in [1.165, 1.54) is 12.8 Å². The molecule has 0 spiro atoms. The second-order valence-electron chi connectivity index (χ2n) is 5.70. The SMILES string of the molecule is CC(C)(C)OC(=O)N=CC1CCCC[C@H]1CN. The fourth-order valence-corrected chi connectivity index (χ4v) is 2.17. The van der Waals surface area contributed by atoms with E-state index in [4.69, 9.17) is 10.5 Å². The van der Waals surface area contributed by atoms with Crippen molar-refractivity contribution in [3.63, 3.8) is 0 Å². The fourth-order valence-electron chi connectivity index (χ4n) is 2.17. The molecule has 4 nitrogen and oxygen atoms in total. The van der Waals surface area contributed by atoms with Gasteiger partial charge in [-0.3, -0.25) is 0 Å². The first-order chi connectivity index (χ1) is 7.92. The monoisotopic (exact) mass is 240 g/mol. The van der Waals surface area contributed by atoms with Crippen molar-refractivity contribution in [1.82, 2.24) is 0 Å². The van der Waals surface area contributed by atoms with Crippen molar-refractivity contribution in [3.8, 4) is 0 Å². The molecule has 1 aliphatic carbocycles. The van der Waals surface area contributed by atoms with E-state index in [9.17, 15) is 4.79 Å². The minimum absolute atomic E-state index is 0.335. The average Bonchev–Trinajstić information content (AvgIpc) is 2.24. The molecule has 1 unspecified atom stereocenters. The van der Waals surface area contributed by atoms with Crippen LogP contribution in [-0.4, -0.2) is 24.5 Å². The number of nitrogens with zero attached hydrogens (tertiary/aromatic N) is 1. The summed E-state index contributed by atoms with van der Waals surface area (Å²) in [5.74, 6) is 0.802. The third-order valence-corrected chi connectivity index (χ3v) is 3.04. The van der Waals surface area contributed by atoms with Gasteiger partial charge in [0, 0.05) is 6.21 Å². The summed E-state index contributed by atoms with van der Waals surface area (Å²) < 4.78 is 5.13. The molecule has 0 aromatic heterocycles. The Hall–Kier alpha value is -0.900. The molecule has 1 amide bonds. The molecule has 98 valence electrons. The van der Waals surface area contributed by atoms with Crippen molar-refractivity contribution < 1.29 is 9.53 Å². The van der Waals surface area contributed by atoms with Gasteiger partial charge >= 0.3 is 6.09 Å². The van der Waals surface area contributed by atoms with Crippen LogP contribution in [-0.2, 0) is 4.74 Å². The van der Waals surface area contributed by atoms with Crippen LogP contribution < -0.4 is 5.73 Å². The molecule has 0 bridgehead atoms. The number of ether oxygens (including phenoxy) is 1. The molecule has 17 heavy (non-hydrogen) atoms. The van der Waals surface area contributed by atoms with Gasteiger partial charge in [-0.25, -0.2) is 4.79 Å². The molecular weight excluding hydrogens is 216 g/mol. The van der Waals surface area contributed by atoms with Gasteiger partial charge in [-0.1, -0.05) is 12.8 Å². The summed E-state index contributed by atoms with van der Waals surface area (Å²) in [7, 11) is 0. The van der Waals surface area contributed by atoms with Crippen LogP contribution in [0.15, 0.2) is 4.99 Å². The number of amides is 1. The standard InChI is InChI=1S/C13H24N2O2/c1-13(2,3)17-12(16)15-9-11-7-5-4-6-10(11)8-14/h9-11H,4-8,14H2,1-3H3/t10-,11?/m0/s1. The Morgan fingerprint density at radius 1 is 1.41 bits per heavy atom. The van der Waals surface area contributed by atoms with Gasteiger partial charge < -0.3 is 10.5 Å². The highest BCUT2D eigenvalue weighted by molar-refractivity contribution is 5.80. The Balaban J connectivity index is 2.48. The van der Waals surface area contributed by atoms with Gasteiger partial charge in [-0.05, 0) is 52.0 Å². The number of rotatable bonds is 2. The summed E-state index contributed by atoms with van der Waals surface area (Å²) in [4.78, 5) is 15.3. The molecule has 0 heterocycles. The van der Waals surface area contributed by atoms with Crippen molar-refractivity contribution in [3.05, 3.63) is 0 Å². The van der Waals surface area contributed by atoms with Crippen molar-refractivity contribution in [1.29, 1.82) is 0 Å². The van der Waals surface area contributed by atoms with E-state index >= 15 is 0 Å². The third kappa shape index (κ3) is 5.31. The number of aliphatic imine (C=N–C) groups is 1. The summed E-state index contributed by atoms with van der Waals surface area (Å²) >= 11 is 0. The molecule has 4 heteroatoms. The predicted octanol–water partition coefficient (Wildman–Crippen LogP) is 2.76. The van der Waals surface area contributed by atoms with Crippen molar-refractivity contribution in [2.24, 2.45) is 22.6 Å². The Labute approximate surface area is 104 Å². The maximum atomic E-state index is 11.4. The van der Waals surface area contributed by atoms with Crippen molar-refractivity contribution >= 4 is 12.3 Å². The largest absolute Gasteiger partial charge is 0.442 e. The van der Waals surface area contributed by atoms with Crippen LogP contribution in [0.2, 0.25) is 0 Å². The van der Waals surface area contributed by atoms with E-state index in [0.29, 0.717) is 18.4 Å². The highest BCUT2D eigenvalue weighted by Gasteiger charge is 2.23. The van der Waals surface area contributed by atoms with Crippen LogP contribution in [0.3, 0.4) is 0 Å². The van der Waals surface area contributed by atoms with E-state index in [-0.39, 0.29) is 0 Å². The molecule has 0 radical (unpaired) electrons. The molecule has 0 aromatic rings. The van der Waals surface area contributed by atoms with E-state index in [2.05, 4.69) is 4.99 Å². The summed E-state index contributed by atoms with van der Waals surface area (Å²) in [6, 6.07) is 0. The van der Waals surface area contributed by atoms with E-state index in [0.717, 1.165) is 12.8 Å². The lowest BCUT2D eigenvalue weighted by Gasteiger charge is -2.27. The number of nitrogens with two attached hydrogens (primary N) is 1. The van der Waals surface area contributed by atoms with Gasteiger partial charge in [0.15, 0.2) is 0 Å². The van der Waals surface area contributed by atoms with Crippen LogP contribution in [0.5, 0.6) is 0 Å².